The van der Waals surface area contributed by atoms with Crippen molar-refractivity contribution in [2.45, 2.75) is 44.6 Å². The van der Waals surface area contributed by atoms with Crippen molar-refractivity contribution >= 4 is 11.6 Å². The van der Waals surface area contributed by atoms with Crippen LogP contribution in [-0.4, -0.2) is 12.0 Å². The van der Waals surface area contributed by atoms with Crippen LogP contribution in [0.4, 0.5) is 10.1 Å². The average molecular weight is 276 g/mol. The van der Waals surface area contributed by atoms with Crippen molar-refractivity contribution in [2.75, 3.05) is 5.32 Å². The fourth-order valence-corrected chi connectivity index (χ4v) is 2.34. The number of rotatable bonds is 4. The molecule has 1 N–H and O–H groups in total. The summed E-state index contributed by atoms with van der Waals surface area (Å²) in [7, 11) is 0. The van der Waals surface area contributed by atoms with Crippen molar-refractivity contribution in [3.63, 3.8) is 0 Å². The highest BCUT2D eigenvalue weighted by molar-refractivity contribution is 5.93. The number of amides is 1. The van der Waals surface area contributed by atoms with Gasteiger partial charge in [-0.1, -0.05) is 12.5 Å². The molecular formula is C15H17FN2O2. The number of nitriles is 1. The average Bonchev–Trinajstić information content (AvgIpc) is 2.44. The Kier molecular flexibility index (Phi) is 4.94. The first kappa shape index (κ1) is 14.3. The largest absolute Gasteiger partial charge is 0.488 e. The number of nitrogens with zero attached hydrogens (tertiary/aromatic N) is 1. The highest BCUT2D eigenvalue weighted by Crippen LogP contribution is 2.31. The third-order valence-electron chi connectivity index (χ3n) is 3.33. The second-order valence-corrected chi connectivity index (χ2v) is 4.87. The van der Waals surface area contributed by atoms with Crippen molar-refractivity contribution in [3.8, 4) is 11.8 Å². The summed E-state index contributed by atoms with van der Waals surface area (Å²) in [5.74, 6) is -0.751. The van der Waals surface area contributed by atoms with Gasteiger partial charge < -0.3 is 10.1 Å². The molecule has 0 radical (unpaired) electrons. The van der Waals surface area contributed by atoms with Crippen LogP contribution in [0.3, 0.4) is 0 Å². The van der Waals surface area contributed by atoms with Crippen LogP contribution in [0.25, 0.3) is 0 Å². The van der Waals surface area contributed by atoms with E-state index in [1.165, 1.54) is 12.5 Å². The predicted molar refractivity (Wildman–Crippen MR) is 72.8 cm³/mol. The number of hydrogen-bond acceptors (Lipinski definition) is 3. The SMILES string of the molecule is N#CCC(=O)Nc1c(F)cccc1OC1CCCCC1. The number of anilines is 1. The number of carbonyl (C=O) groups is 1. The van der Waals surface area contributed by atoms with Gasteiger partial charge in [0, 0.05) is 0 Å². The normalized spacial score (nSPS) is 15.4. The van der Waals surface area contributed by atoms with Gasteiger partial charge >= 0.3 is 0 Å². The molecule has 106 valence electrons. The van der Waals surface area contributed by atoms with Gasteiger partial charge in [0.2, 0.25) is 5.91 Å². The maximum atomic E-state index is 13.8. The Hall–Kier alpha value is -2.09. The number of ether oxygens (including phenoxy) is 1. The Morgan fingerprint density at radius 3 is 2.85 bits per heavy atom. The van der Waals surface area contributed by atoms with Gasteiger partial charge in [-0.3, -0.25) is 4.79 Å². The molecule has 1 amide bonds. The van der Waals surface area contributed by atoms with Crippen molar-refractivity contribution in [2.24, 2.45) is 0 Å². The molecular weight excluding hydrogens is 259 g/mol. The van der Waals surface area contributed by atoms with Crippen LogP contribution < -0.4 is 10.1 Å². The summed E-state index contributed by atoms with van der Waals surface area (Å²) in [6.45, 7) is 0. The first-order chi connectivity index (χ1) is 9.70. The molecule has 0 atom stereocenters. The lowest BCUT2D eigenvalue weighted by atomic mass is 9.98. The second-order valence-electron chi connectivity index (χ2n) is 4.87. The molecule has 20 heavy (non-hydrogen) atoms. The Labute approximate surface area is 117 Å². The molecule has 0 bridgehead atoms. The standard InChI is InChI=1S/C15H17FN2O2/c16-12-7-4-8-13(15(12)18-14(19)9-10-17)20-11-5-2-1-3-6-11/h4,7-8,11H,1-3,5-6,9H2,(H,18,19). The van der Waals surface area contributed by atoms with Gasteiger partial charge in [-0.15, -0.1) is 0 Å². The van der Waals surface area contributed by atoms with Crippen LogP contribution in [0.2, 0.25) is 0 Å². The minimum absolute atomic E-state index is 0.0262. The molecule has 0 heterocycles. The highest BCUT2D eigenvalue weighted by atomic mass is 19.1. The maximum absolute atomic E-state index is 13.8. The van der Waals surface area contributed by atoms with Crippen molar-refractivity contribution < 1.29 is 13.9 Å². The van der Waals surface area contributed by atoms with Gasteiger partial charge in [0.1, 0.15) is 17.9 Å². The molecule has 2 rings (SSSR count). The van der Waals surface area contributed by atoms with Crippen LogP contribution in [0, 0.1) is 17.1 Å². The molecule has 0 saturated heterocycles. The Bertz CT molecular complexity index is 519. The monoisotopic (exact) mass is 276 g/mol. The number of benzene rings is 1. The summed E-state index contributed by atoms with van der Waals surface area (Å²) in [6, 6.07) is 6.18. The van der Waals surface area contributed by atoms with Gasteiger partial charge in [0.25, 0.3) is 0 Å². The van der Waals surface area contributed by atoms with E-state index in [2.05, 4.69) is 5.32 Å². The molecule has 0 unspecified atom stereocenters. The first-order valence-electron chi connectivity index (χ1n) is 6.82. The highest BCUT2D eigenvalue weighted by Gasteiger charge is 2.19. The smallest absolute Gasteiger partial charge is 0.238 e. The molecule has 5 heteroatoms. The quantitative estimate of drug-likeness (QED) is 0.916. The molecule has 0 spiro atoms. The Morgan fingerprint density at radius 1 is 1.40 bits per heavy atom. The fourth-order valence-electron chi connectivity index (χ4n) is 2.34. The minimum atomic E-state index is -0.551. The van der Waals surface area contributed by atoms with E-state index in [0.29, 0.717) is 5.75 Å². The van der Waals surface area contributed by atoms with Crippen molar-refractivity contribution in [3.05, 3.63) is 24.0 Å². The zero-order chi connectivity index (χ0) is 14.4. The zero-order valence-electron chi connectivity index (χ0n) is 11.2. The van der Waals surface area contributed by atoms with E-state index in [0.717, 1.165) is 25.7 Å². The lowest BCUT2D eigenvalue weighted by Gasteiger charge is -2.24. The summed E-state index contributed by atoms with van der Waals surface area (Å²) in [4.78, 5) is 11.5. The zero-order valence-corrected chi connectivity index (χ0v) is 11.2. The van der Waals surface area contributed by atoms with E-state index in [1.807, 2.05) is 0 Å². The Balaban J connectivity index is 2.13. The van der Waals surface area contributed by atoms with Crippen LogP contribution in [0.15, 0.2) is 18.2 Å². The molecule has 1 aromatic carbocycles. The lowest BCUT2D eigenvalue weighted by Crippen LogP contribution is -2.21. The predicted octanol–water partition coefficient (Wildman–Crippen LogP) is 3.39. The van der Waals surface area contributed by atoms with E-state index in [1.54, 1.807) is 18.2 Å². The molecule has 1 aliphatic carbocycles. The third kappa shape index (κ3) is 3.70. The van der Waals surface area contributed by atoms with Crippen LogP contribution >= 0.6 is 0 Å². The van der Waals surface area contributed by atoms with Crippen LogP contribution in [0.5, 0.6) is 5.75 Å². The fraction of sp³-hybridized carbons (Fsp3) is 0.467. The first-order valence-corrected chi connectivity index (χ1v) is 6.82. The number of carbonyl (C=O) groups excluding carboxylic acids is 1. The lowest BCUT2D eigenvalue weighted by molar-refractivity contribution is -0.115. The molecule has 1 fully saturated rings. The molecule has 4 nitrogen and oxygen atoms in total. The summed E-state index contributed by atoms with van der Waals surface area (Å²) in [6.07, 6.45) is 5.07. The Morgan fingerprint density at radius 2 is 2.15 bits per heavy atom. The van der Waals surface area contributed by atoms with E-state index >= 15 is 0 Å². The number of nitrogens with one attached hydrogen (secondary N) is 1. The molecule has 1 aliphatic rings. The molecule has 1 saturated carbocycles. The maximum Gasteiger partial charge on any atom is 0.238 e. The number of hydrogen-bond donors (Lipinski definition) is 1. The van der Waals surface area contributed by atoms with Gasteiger partial charge in [-0.25, -0.2) is 4.39 Å². The van der Waals surface area contributed by atoms with Gasteiger partial charge in [0.15, 0.2) is 5.82 Å². The number of para-hydroxylation sites is 1. The molecule has 0 aliphatic heterocycles. The van der Waals surface area contributed by atoms with Crippen molar-refractivity contribution in [1.29, 1.82) is 5.26 Å². The molecule has 0 aromatic heterocycles. The van der Waals surface area contributed by atoms with Crippen LogP contribution in [0.1, 0.15) is 38.5 Å². The molecule has 1 aromatic rings. The summed E-state index contributed by atoms with van der Waals surface area (Å²) < 4.78 is 19.6. The van der Waals surface area contributed by atoms with Crippen LogP contribution in [-0.2, 0) is 4.79 Å². The van der Waals surface area contributed by atoms with Gasteiger partial charge in [-0.2, -0.15) is 5.26 Å². The van der Waals surface area contributed by atoms with E-state index in [-0.39, 0.29) is 18.2 Å². The van der Waals surface area contributed by atoms with E-state index < -0.39 is 11.7 Å². The number of halogens is 1. The van der Waals surface area contributed by atoms with Gasteiger partial charge in [0.05, 0.1) is 12.2 Å². The third-order valence-corrected chi connectivity index (χ3v) is 3.33. The van der Waals surface area contributed by atoms with E-state index in [4.69, 9.17) is 10.00 Å². The summed E-state index contributed by atoms with van der Waals surface area (Å²) >= 11 is 0. The minimum Gasteiger partial charge on any atom is -0.488 e. The summed E-state index contributed by atoms with van der Waals surface area (Å²) in [5, 5.41) is 10.9. The second kappa shape index (κ2) is 6.90. The van der Waals surface area contributed by atoms with Crippen molar-refractivity contribution in [1.82, 2.24) is 0 Å². The van der Waals surface area contributed by atoms with E-state index in [9.17, 15) is 9.18 Å². The van der Waals surface area contributed by atoms with Gasteiger partial charge in [-0.05, 0) is 37.8 Å². The topological polar surface area (TPSA) is 62.1 Å². The summed E-state index contributed by atoms with van der Waals surface area (Å²) in [5.41, 5.74) is 0.0262.